The number of benzene rings is 1. The second-order valence-electron chi connectivity index (χ2n) is 6.51. The average Bonchev–Trinajstić information content (AvgIpc) is 3.06. The van der Waals surface area contributed by atoms with Crippen LogP contribution in [-0.2, 0) is 40.5 Å². The summed E-state index contributed by atoms with van der Waals surface area (Å²) in [5.74, 6) is 0.566. The molecule has 2 aromatic rings. The smallest absolute Gasteiger partial charge is 0.435 e. The van der Waals surface area contributed by atoms with Crippen molar-refractivity contribution in [1.82, 2.24) is 14.5 Å². The van der Waals surface area contributed by atoms with E-state index in [1.807, 2.05) is 6.92 Å². The largest absolute Gasteiger partial charge is 0.494 e. The molecule has 160 valence electrons. The third kappa shape index (κ3) is 5.09. The van der Waals surface area contributed by atoms with E-state index in [0.717, 1.165) is 6.42 Å². The number of hydrogen-bond acceptors (Lipinski definition) is 5. The van der Waals surface area contributed by atoms with Crippen LogP contribution in [0.25, 0.3) is 0 Å². The Kier molecular flexibility index (Phi) is 6.49. The molecule has 0 saturated heterocycles. The molecule has 1 aromatic heterocycles. The third-order valence-electron chi connectivity index (χ3n) is 4.39. The zero-order valence-corrected chi connectivity index (χ0v) is 16.6. The van der Waals surface area contributed by atoms with Gasteiger partial charge in [-0.2, -0.15) is 18.3 Å². The average molecular weight is 433 g/mol. The number of alkyl halides is 3. The highest BCUT2D eigenvalue weighted by Crippen LogP contribution is 2.34. The fourth-order valence-electron chi connectivity index (χ4n) is 3.03. The number of hydrogen-bond donors (Lipinski definition) is 1. The molecule has 3 rings (SSSR count). The Bertz CT molecular complexity index is 940. The van der Waals surface area contributed by atoms with Crippen LogP contribution >= 0.6 is 0 Å². The number of halogens is 3. The van der Waals surface area contributed by atoms with Gasteiger partial charge in [-0.25, -0.2) is 13.1 Å². The molecular formula is C18H22F3N3O4S. The second kappa shape index (κ2) is 8.72. The molecule has 11 heteroatoms. The Morgan fingerprint density at radius 1 is 1.28 bits per heavy atom. The third-order valence-corrected chi connectivity index (χ3v) is 5.86. The zero-order chi connectivity index (χ0) is 21.1. The zero-order valence-electron chi connectivity index (χ0n) is 15.8. The van der Waals surface area contributed by atoms with Crippen LogP contribution in [-0.4, -0.2) is 38.0 Å². The van der Waals surface area contributed by atoms with Gasteiger partial charge >= 0.3 is 6.18 Å². The van der Waals surface area contributed by atoms with Gasteiger partial charge < -0.3 is 9.47 Å². The number of rotatable bonds is 8. The van der Waals surface area contributed by atoms with Gasteiger partial charge in [-0.15, -0.1) is 0 Å². The molecule has 1 aliphatic rings. The summed E-state index contributed by atoms with van der Waals surface area (Å²) in [7, 11) is -3.80. The Morgan fingerprint density at radius 2 is 2.00 bits per heavy atom. The topological polar surface area (TPSA) is 82.5 Å². The first-order chi connectivity index (χ1) is 13.7. The molecule has 0 spiro atoms. The standard InChI is InChI=1S/C18H22F3N3O4S/c1-2-10-28-13-3-5-14(6-4-13)29(25,26)22-8-9-24-16-7-11-27-12-15(16)17(23-24)18(19,20)21/h3-6,22H,2,7-12H2,1H3. The minimum Gasteiger partial charge on any atom is -0.494 e. The lowest BCUT2D eigenvalue weighted by Gasteiger charge is -2.15. The van der Waals surface area contributed by atoms with E-state index in [2.05, 4.69) is 9.82 Å². The van der Waals surface area contributed by atoms with Crippen molar-refractivity contribution in [3.8, 4) is 5.75 Å². The van der Waals surface area contributed by atoms with Crippen LogP contribution in [0.4, 0.5) is 13.2 Å². The van der Waals surface area contributed by atoms with Crippen molar-refractivity contribution in [3.05, 3.63) is 41.2 Å². The summed E-state index contributed by atoms with van der Waals surface area (Å²) >= 11 is 0. The van der Waals surface area contributed by atoms with Crippen molar-refractivity contribution in [1.29, 1.82) is 0 Å². The molecule has 0 saturated carbocycles. The van der Waals surface area contributed by atoms with Gasteiger partial charge in [-0.05, 0) is 30.7 Å². The Morgan fingerprint density at radius 3 is 2.66 bits per heavy atom. The summed E-state index contributed by atoms with van der Waals surface area (Å²) in [5.41, 5.74) is -0.521. The van der Waals surface area contributed by atoms with E-state index in [4.69, 9.17) is 9.47 Å². The van der Waals surface area contributed by atoms with Gasteiger partial charge in [0.15, 0.2) is 5.69 Å². The Hall–Kier alpha value is -2.11. The van der Waals surface area contributed by atoms with Gasteiger partial charge in [-0.3, -0.25) is 4.68 Å². The van der Waals surface area contributed by atoms with E-state index in [1.165, 1.54) is 16.8 Å². The van der Waals surface area contributed by atoms with E-state index < -0.39 is 21.9 Å². The van der Waals surface area contributed by atoms with E-state index in [-0.39, 0.29) is 30.2 Å². The summed E-state index contributed by atoms with van der Waals surface area (Å²) in [4.78, 5) is 0.0493. The summed E-state index contributed by atoms with van der Waals surface area (Å²) < 4.78 is 78.5. The summed E-state index contributed by atoms with van der Waals surface area (Å²) in [6.45, 7) is 2.53. The highest BCUT2D eigenvalue weighted by atomic mass is 32.2. The normalized spacial score (nSPS) is 14.6. The van der Waals surface area contributed by atoms with Crippen molar-refractivity contribution in [2.24, 2.45) is 0 Å². The maximum absolute atomic E-state index is 13.2. The number of nitrogens with zero attached hydrogens (tertiary/aromatic N) is 2. The predicted octanol–water partition coefficient (Wildman–Crippen LogP) is 2.74. The Labute approximate surface area is 166 Å². The molecule has 1 aliphatic heterocycles. The highest BCUT2D eigenvalue weighted by Gasteiger charge is 2.39. The van der Waals surface area contributed by atoms with Gasteiger partial charge in [0, 0.05) is 24.2 Å². The first kappa shape index (κ1) is 21.6. The number of nitrogens with one attached hydrogen (secondary N) is 1. The van der Waals surface area contributed by atoms with E-state index in [0.29, 0.717) is 31.1 Å². The van der Waals surface area contributed by atoms with Crippen LogP contribution in [0.5, 0.6) is 5.75 Å². The van der Waals surface area contributed by atoms with Crippen LogP contribution in [0.1, 0.15) is 30.3 Å². The van der Waals surface area contributed by atoms with E-state index in [1.54, 1.807) is 12.1 Å². The lowest BCUT2D eigenvalue weighted by molar-refractivity contribution is -0.142. The molecule has 1 N–H and O–H groups in total. The predicted molar refractivity (Wildman–Crippen MR) is 98.0 cm³/mol. The van der Waals surface area contributed by atoms with Gasteiger partial charge in [0.25, 0.3) is 0 Å². The summed E-state index contributed by atoms with van der Waals surface area (Å²) in [5, 5.41) is 3.66. The van der Waals surface area contributed by atoms with Crippen LogP contribution < -0.4 is 9.46 Å². The quantitative estimate of drug-likeness (QED) is 0.692. The van der Waals surface area contributed by atoms with Gasteiger partial charge in [0.2, 0.25) is 10.0 Å². The maximum atomic E-state index is 13.2. The number of aromatic nitrogens is 2. The van der Waals surface area contributed by atoms with Gasteiger partial charge in [-0.1, -0.05) is 6.92 Å². The number of fused-ring (bicyclic) bond motifs is 1. The number of sulfonamides is 1. The molecule has 2 heterocycles. The molecule has 0 fully saturated rings. The van der Waals surface area contributed by atoms with Crippen molar-refractivity contribution >= 4 is 10.0 Å². The van der Waals surface area contributed by atoms with Crippen LogP contribution in [0.3, 0.4) is 0 Å². The lowest BCUT2D eigenvalue weighted by Crippen LogP contribution is -2.28. The summed E-state index contributed by atoms with van der Waals surface area (Å²) in [6.07, 6.45) is -3.46. The van der Waals surface area contributed by atoms with E-state index >= 15 is 0 Å². The van der Waals surface area contributed by atoms with Crippen LogP contribution in [0.15, 0.2) is 29.2 Å². The minimum atomic E-state index is -4.59. The molecule has 7 nitrogen and oxygen atoms in total. The van der Waals surface area contributed by atoms with Gasteiger partial charge in [0.05, 0.1) is 31.3 Å². The fraction of sp³-hybridized carbons (Fsp3) is 0.500. The molecule has 0 aliphatic carbocycles. The molecule has 0 amide bonds. The van der Waals surface area contributed by atoms with Crippen molar-refractivity contribution in [3.63, 3.8) is 0 Å². The van der Waals surface area contributed by atoms with E-state index in [9.17, 15) is 21.6 Å². The molecule has 0 radical (unpaired) electrons. The van der Waals surface area contributed by atoms with Gasteiger partial charge in [0.1, 0.15) is 5.75 Å². The minimum absolute atomic E-state index is 0.0185. The molecule has 1 aromatic carbocycles. The molecule has 0 atom stereocenters. The maximum Gasteiger partial charge on any atom is 0.435 e. The van der Waals surface area contributed by atoms with Crippen LogP contribution in [0, 0.1) is 0 Å². The molecule has 0 bridgehead atoms. The van der Waals surface area contributed by atoms with Crippen LogP contribution in [0.2, 0.25) is 0 Å². The fourth-order valence-corrected chi connectivity index (χ4v) is 4.05. The highest BCUT2D eigenvalue weighted by molar-refractivity contribution is 7.89. The van der Waals surface area contributed by atoms with Crippen molar-refractivity contribution in [2.45, 2.75) is 44.0 Å². The lowest BCUT2D eigenvalue weighted by atomic mass is 10.1. The SMILES string of the molecule is CCCOc1ccc(S(=O)(=O)NCCn2nc(C(F)(F)F)c3c2CCOC3)cc1. The number of ether oxygens (including phenoxy) is 2. The molecule has 0 unspecified atom stereocenters. The second-order valence-corrected chi connectivity index (χ2v) is 8.28. The van der Waals surface area contributed by atoms with Crippen molar-refractivity contribution in [2.75, 3.05) is 19.8 Å². The van der Waals surface area contributed by atoms with Crippen molar-refractivity contribution < 1.29 is 31.1 Å². The first-order valence-corrected chi connectivity index (χ1v) is 10.7. The molecular weight excluding hydrogens is 411 g/mol. The first-order valence-electron chi connectivity index (χ1n) is 9.18. The summed E-state index contributed by atoms with van der Waals surface area (Å²) in [6, 6.07) is 5.96. The monoisotopic (exact) mass is 433 g/mol. The Balaban J connectivity index is 1.67. The molecule has 29 heavy (non-hydrogen) atoms.